The Bertz CT molecular complexity index is 3930. The van der Waals surface area contributed by atoms with Crippen molar-refractivity contribution < 1.29 is 8.83 Å². The summed E-state index contributed by atoms with van der Waals surface area (Å²) in [5.41, 5.74) is 15.3. The van der Waals surface area contributed by atoms with Gasteiger partial charge in [0.15, 0.2) is 5.82 Å². The Labute approximate surface area is 367 Å². The van der Waals surface area contributed by atoms with Crippen molar-refractivity contribution in [2.24, 2.45) is 0 Å². The number of hydrogen-bond donors (Lipinski definition) is 0. The molecule has 9 aromatic carbocycles. The number of pyridine rings is 1. The molecule has 0 spiro atoms. The van der Waals surface area contributed by atoms with Gasteiger partial charge >= 0.3 is 0 Å². The minimum atomic E-state index is 0.652. The van der Waals surface area contributed by atoms with Crippen LogP contribution in [0.15, 0.2) is 221 Å². The molecule has 0 unspecified atom stereocenters. The second-order valence-corrected chi connectivity index (χ2v) is 16.3. The minimum absolute atomic E-state index is 0.652. The first kappa shape index (κ1) is 36.0. The molecule has 0 saturated heterocycles. The minimum Gasteiger partial charge on any atom is -0.456 e. The third-order valence-corrected chi connectivity index (χ3v) is 12.5. The molecule has 5 nitrogen and oxygen atoms in total. The number of rotatable bonds is 6. The van der Waals surface area contributed by atoms with E-state index in [1.165, 1.54) is 0 Å². The maximum absolute atomic E-state index is 6.61. The Balaban J connectivity index is 0.943. The number of para-hydroxylation sites is 4. The van der Waals surface area contributed by atoms with E-state index in [0.717, 1.165) is 127 Å². The van der Waals surface area contributed by atoms with Gasteiger partial charge in [-0.05, 0) is 41.5 Å². The van der Waals surface area contributed by atoms with E-state index in [-0.39, 0.29) is 0 Å². The Hall–Kier alpha value is -8.67. The number of fused-ring (bicyclic) bond motifs is 9. The number of hydrogen-bond acceptors (Lipinski definition) is 5. The van der Waals surface area contributed by atoms with Gasteiger partial charge in [-0.1, -0.05) is 182 Å². The highest BCUT2D eigenvalue weighted by Crippen LogP contribution is 2.46. The molecule has 0 bridgehead atoms. The first-order valence-corrected chi connectivity index (χ1v) is 21.5. The summed E-state index contributed by atoms with van der Waals surface area (Å²) in [4.78, 5) is 15.7. The number of furan rings is 2. The van der Waals surface area contributed by atoms with Crippen LogP contribution in [0, 0.1) is 0 Å². The molecule has 4 aromatic heterocycles. The Morgan fingerprint density at radius 3 is 1.62 bits per heavy atom. The molecule has 0 aliphatic carbocycles. The van der Waals surface area contributed by atoms with Crippen molar-refractivity contribution in [2.75, 3.05) is 0 Å². The van der Waals surface area contributed by atoms with Crippen molar-refractivity contribution in [1.82, 2.24) is 15.0 Å². The second kappa shape index (κ2) is 14.5. The van der Waals surface area contributed by atoms with Crippen molar-refractivity contribution in [3.63, 3.8) is 0 Å². The molecule has 64 heavy (non-hydrogen) atoms. The average molecular weight is 818 g/mol. The Morgan fingerprint density at radius 1 is 0.312 bits per heavy atom. The lowest BCUT2D eigenvalue weighted by Gasteiger charge is -2.16. The smallest absolute Gasteiger partial charge is 0.160 e. The summed E-state index contributed by atoms with van der Waals surface area (Å²) in [6.45, 7) is 0. The number of benzene rings is 9. The topological polar surface area (TPSA) is 65.0 Å². The third-order valence-electron chi connectivity index (χ3n) is 12.5. The van der Waals surface area contributed by atoms with Crippen LogP contribution >= 0.6 is 0 Å². The summed E-state index contributed by atoms with van der Waals surface area (Å²) in [6.07, 6.45) is 0. The van der Waals surface area contributed by atoms with Gasteiger partial charge in [-0.15, -0.1) is 0 Å². The molecular weight excluding hydrogens is 783 g/mol. The van der Waals surface area contributed by atoms with Gasteiger partial charge in [0.1, 0.15) is 22.3 Å². The molecule has 0 aliphatic rings. The maximum atomic E-state index is 6.61. The molecule has 0 amide bonds. The highest BCUT2D eigenvalue weighted by Gasteiger charge is 2.22. The first-order chi connectivity index (χ1) is 31.7. The molecule has 0 saturated carbocycles. The molecule has 5 heteroatoms. The van der Waals surface area contributed by atoms with Gasteiger partial charge in [0.2, 0.25) is 0 Å². The highest BCUT2D eigenvalue weighted by molar-refractivity contribution is 6.27. The van der Waals surface area contributed by atoms with E-state index in [1.807, 2.05) is 42.5 Å². The first-order valence-electron chi connectivity index (χ1n) is 21.5. The van der Waals surface area contributed by atoms with Gasteiger partial charge in [-0.3, -0.25) is 0 Å². The summed E-state index contributed by atoms with van der Waals surface area (Å²) in [5.74, 6) is 0.652. The van der Waals surface area contributed by atoms with Gasteiger partial charge in [-0.2, -0.15) is 0 Å². The molecular formula is C59H35N3O2. The van der Waals surface area contributed by atoms with Crippen LogP contribution in [0.5, 0.6) is 0 Å². The SMILES string of the molecule is c1ccc(-c2cc(-c3ccc(-c4nc5ccccc5c5c(-c6ccccc6)c6c(cc45)oc4ccccc46)cc3)nc(-c3ccc(-c4cccc5c4oc4ccccc45)cc3)n2)cc1. The lowest BCUT2D eigenvalue weighted by atomic mass is 9.89. The van der Waals surface area contributed by atoms with Crippen molar-refractivity contribution in [2.45, 2.75) is 0 Å². The summed E-state index contributed by atoms with van der Waals surface area (Å²) in [6, 6.07) is 73.6. The standard InChI is InChI=1S/C59H35N3O2/c1-3-14-37(15-4-1)49-35-50(62-59(61-49)41-32-26-36(27-33-41)42-21-13-22-44-43-18-8-11-24-51(43)64-58(42)44)38-28-30-40(31-29-38)57-47-34-53-56(46-20-9-12-25-52(46)63-53)54(39-16-5-2-6-17-39)55(47)45-19-7-10-23-48(45)60-57/h1-35H. The summed E-state index contributed by atoms with van der Waals surface area (Å²) < 4.78 is 13.0. The van der Waals surface area contributed by atoms with E-state index in [0.29, 0.717) is 5.82 Å². The zero-order valence-corrected chi connectivity index (χ0v) is 34.4. The van der Waals surface area contributed by atoms with E-state index in [9.17, 15) is 0 Å². The number of aromatic nitrogens is 3. The van der Waals surface area contributed by atoms with Gasteiger partial charge in [0.25, 0.3) is 0 Å². The van der Waals surface area contributed by atoms with Crippen LogP contribution in [0.25, 0.3) is 133 Å². The highest BCUT2D eigenvalue weighted by atomic mass is 16.3. The summed E-state index contributed by atoms with van der Waals surface area (Å²) in [7, 11) is 0. The fraction of sp³-hybridized carbons (Fsp3) is 0. The van der Waals surface area contributed by atoms with Crippen molar-refractivity contribution in [1.29, 1.82) is 0 Å². The van der Waals surface area contributed by atoms with Crippen LogP contribution in [0.2, 0.25) is 0 Å². The fourth-order valence-electron chi connectivity index (χ4n) is 9.48. The molecule has 0 radical (unpaired) electrons. The van der Waals surface area contributed by atoms with E-state index >= 15 is 0 Å². The van der Waals surface area contributed by atoms with Gasteiger partial charge < -0.3 is 8.83 Å². The molecule has 0 fully saturated rings. The van der Waals surface area contributed by atoms with Crippen LogP contribution in [-0.2, 0) is 0 Å². The Morgan fingerprint density at radius 2 is 0.875 bits per heavy atom. The summed E-state index contributed by atoms with van der Waals surface area (Å²) in [5, 5.41) is 7.73. The third kappa shape index (κ3) is 5.83. The molecule has 0 aliphatic heterocycles. The van der Waals surface area contributed by atoms with Crippen LogP contribution in [0.4, 0.5) is 0 Å². The summed E-state index contributed by atoms with van der Waals surface area (Å²) >= 11 is 0. The van der Waals surface area contributed by atoms with Crippen molar-refractivity contribution in [3.8, 4) is 67.4 Å². The second-order valence-electron chi connectivity index (χ2n) is 16.3. The zero-order chi connectivity index (χ0) is 42.1. The fourth-order valence-corrected chi connectivity index (χ4v) is 9.48. The average Bonchev–Trinajstić information content (AvgIpc) is 3.94. The van der Waals surface area contributed by atoms with Crippen molar-refractivity contribution >= 4 is 65.6 Å². The molecule has 13 aromatic rings. The van der Waals surface area contributed by atoms with E-state index in [4.69, 9.17) is 23.8 Å². The lowest BCUT2D eigenvalue weighted by molar-refractivity contribution is 0.669. The van der Waals surface area contributed by atoms with Crippen LogP contribution in [-0.4, -0.2) is 15.0 Å². The van der Waals surface area contributed by atoms with Gasteiger partial charge in [0.05, 0.1) is 22.6 Å². The van der Waals surface area contributed by atoms with Gasteiger partial charge in [0, 0.05) is 71.1 Å². The molecule has 13 rings (SSSR count). The van der Waals surface area contributed by atoms with Crippen LogP contribution in [0.3, 0.4) is 0 Å². The number of nitrogens with zero attached hydrogens (tertiary/aromatic N) is 3. The zero-order valence-electron chi connectivity index (χ0n) is 34.4. The van der Waals surface area contributed by atoms with E-state index in [1.54, 1.807) is 0 Å². The Kier molecular flexibility index (Phi) is 8.15. The van der Waals surface area contributed by atoms with E-state index in [2.05, 4.69) is 170 Å². The lowest BCUT2D eigenvalue weighted by Crippen LogP contribution is -1.96. The molecule has 298 valence electrons. The molecule has 0 N–H and O–H groups in total. The van der Waals surface area contributed by atoms with Crippen LogP contribution in [0.1, 0.15) is 0 Å². The quantitative estimate of drug-likeness (QED) is 0.156. The monoisotopic (exact) mass is 817 g/mol. The molecule has 0 atom stereocenters. The molecule has 4 heterocycles. The van der Waals surface area contributed by atoms with Crippen molar-refractivity contribution in [3.05, 3.63) is 212 Å². The largest absolute Gasteiger partial charge is 0.456 e. The van der Waals surface area contributed by atoms with Gasteiger partial charge in [-0.25, -0.2) is 15.0 Å². The predicted octanol–water partition coefficient (Wildman–Crippen LogP) is 16.0. The van der Waals surface area contributed by atoms with E-state index < -0.39 is 0 Å². The van der Waals surface area contributed by atoms with Crippen LogP contribution < -0.4 is 0 Å². The predicted molar refractivity (Wildman–Crippen MR) is 262 cm³/mol. The normalized spacial score (nSPS) is 11.8. The maximum Gasteiger partial charge on any atom is 0.160 e.